The number of fused-ring (bicyclic) bond motifs is 4. The molecule has 10 nitrogen and oxygen atoms in total. The summed E-state index contributed by atoms with van der Waals surface area (Å²) in [6, 6.07) is 15.9. The average Bonchev–Trinajstić information content (AvgIpc) is 3.79. The average molecular weight is 629 g/mol. The van der Waals surface area contributed by atoms with Crippen molar-refractivity contribution in [3.05, 3.63) is 82.4 Å². The Labute approximate surface area is 271 Å². The molecule has 2 fully saturated rings. The normalized spacial score (nSPS) is 23.5. The molecule has 238 valence electrons. The summed E-state index contributed by atoms with van der Waals surface area (Å²) >= 11 is 0. The van der Waals surface area contributed by atoms with Crippen LogP contribution in [0.3, 0.4) is 0 Å². The van der Waals surface area contributed by atoms with E-state index < -0.39 is 0 Å². The lowest BCUT2D eigenvalue weighted by atomic mass is 9.78. The van der Waals surface area contributed by atoms with E-state index in [1.165, 1.54) is 0 Å². The number of imide groups is 2. The first-order valence-corrected chi connectivity index (χ1v) is 16.9. The molecule has 0 radical (unpaired) electrons. The van der Waals surface area contributed by atoms with E-state index in [0.29, 0.717) is 53.6 Å². The van der Waals surface area contributed by atoms with E-state index in [-0.39, 0.29) is 23.6 Å². The Kier molecular flexibility index (Phi) is 6.42. The Balaban J connectivity index is 1.21. The van der Waals surface area contributed by atoms with E-state index in [9.17, 15) is 19.2 Å². The van der Waals surface area contributed by atoms with Crippen LogP contribution in [-0.2, 0) is 32.0 Å². The van der Waals surface area contributed by atoms with Crippen LogP contribution in [0.2, 0.25) is 0 Å². The molecule has 4 aromatic rings. The fourth-order valence-corrected chi connectivity index (χ4v) is 8.93. The van der Waals surface area contributed by atoms with Gasteiger partial charge in [0, 0.05) is 70.5 Å². The van der Waals surface area contributed by atoms with Crippen LogP contribution < -0.4 is 10.6 Å². The maximum Gasteiger partial charge on any atom is 0.275 e. The first-order chi connectivity index (χ1) is 23.0. The van der Waals surface area contributed by atoms with Crippen molar-refractivity contribution in [3.63, 3.8) is 0 Å². The number of carbonyl (C=O) groups is 4. The fourth-order valence-electron chi connectivity index (χ4n) is 8.93. The van der Waals surface area contributed by atoms with Crippen LogP contribution in [0.5, 0.6) is 0 Å². The van der Waals surface area contributed by atoms with Gasteiger partial charge in [-0.3, -0.25) is 29.8 Å². The van der Waals surface area contributed by atoms with Gasteiger partial charge in [-0.1, -0.05) is 36.4 Å². The number of benzene rings is 2. The highest BCUT2D eigenvalue weighted by Gasteiger charge is 2.42. The third kappa shape index (κ3) is 4.37. The molecule has 7 aliphatic rings. The molecule has 4 bridgehead atoms. The summed E-state index contributed by atoms with van der Waals surface area (Å²) in [5.41, 5.74) is 7.18. The molecule has 0 unspecified atom stereocenters. The quantitative estimate of drug-likeness (QED) is 0.218. The predicted octanol–water partition coefficient (Wildman–Crippen LogP) is 4.00. The van der Waals surface area contributed by atoms with Crippen LogP contribution in [0.1, 0.15) is 54.6 Å². The largest absolute Gasteiger partial charge is 0.366 e. The van der Waals surface area contributed by atoms with Crippen LogP contribution >= 0.6 is 0 Å². The van der Waals surface area contributed by atoms with E-state index in [0.717, 1.165) is 96.2 Å². The second-order valence-corrected chi connectivity index (χ2v) is 13.6. The van der Waals surface area contributed by atoms with Crippen molar-refractivity contribution < 1.29 is 19.2 Å². The number of hydrogen-bond acceptors (Lipinski definition) is 6. The van der Waals surface area contributed by atoms with Crippen molar-refractivity contribution in [1.82, 2.24) is 30.4 Å². The third-order valence-electron chi connectivity index (χ3n) is 11.1. The number of aryl methyl sites for hydroxylation is 2. The molecule has 2 saturated heterocycles. The lowest BCUT2D eigenvalue weighted by Crippen LogP contribution is -2.42. The highest BCUT2D eigenvalue weighted by molar-refractivity contribution is 6.38. The molecule has 11 rings (SSSR count). The zero-order valence-corrected chi connectivity index (χ0v) is 26.1. The number of piperidine rings is 2. The zero-order chi connectivity index (χ0) is 31.8. The van der Waals surface area contributed by atoms with Gasteiger partial charge in [0.2, 0.25) is 0 Å². The minimum Gasteiger partial charge on any atom is -0.366 e. The molecule has 0 aliphatic carbocycles. The molecule has 47 heavy (non-hydrogen) atoms. The topological polar surface area (TPSA) is 130 Å². The summed E-state index contributed by atoms with van der Waals surface area (Å²) < 4.78 is 0. The van der Waals surface area contributed by atoms with E-state index in [1.54, 1.807) is 0 Å². The van der Waals surface area contributed by atoms with Gasteiger partial charge in [-0.05, 0) is 68.9 Å². The molecule has 4 amide bonds. The summed E-state index contributed by atoms with van der Waals surface area (Å²) in [7, 11) is 0. The Bertz CT molecular complexity index is 1940. The Morgan fingerprint density at radius 3 is 1.36 bits per heavy atom. The molecule has 7 aliphatic heterocycles. The van der Waals surface area contributed by atoms with Crippen LogP contribution in [0.4, 0.5) is 0 Å². The summed E-state index contributed by atoms with van der Waals surface area (Å²) in [5.74, 6) is -0.321. The van der Waals surface area contributed by atoms with Gasteiger partial charge in [-0.2, -0.15) is 0 Å². The fraction of sp³-hybridized carbons (Fsp3) is 0.351. The first-order valence-electron chi connectivity index (χ1n) is 16.9. The Morgan fingerprint density at radius 2 is 0.936 bits per heavy atom. The number of carbonyl (C=O) groups excluding carboxylic acids is 4. The minimum atomic E-state index is -0.342. The maximum absolute atomic E-state index is 13.6. The van der Waals surface area contributed by atoms with Gasteiger partial charge in [0.15, 0.2) is 0 Å². The second-order valence-electron chi connectivity index (χ2n) is 13.6. The summed E-state index contributed by atoms with van der Waals surface area (Å²) in [6.07, 6.45) is 5.69. The molecule has 4 N–H and O–H groups in total. The third-order valence-corrected chi connectivity index (χ3v) is 11.1. The van der Waals surface area contributed by atoms with E-state index >= 15 is 0 Å². The van der Waals surface area contributed by atoms with Crippen molar-refractivity contribution in [2.45, 2.75) is 44.9 Å². The van der Waals surface area contributed by atoms with Gasteiger partial charge in [0.25, 0.3) is 23.6 Å². The zero-order valence-electron chi connectivity index (χ0n) is 26.1. The highest BCUT2D eigenvalue weighted by Crippen LogP contribution is 2.41. The molecule has 0 saturated carbocycles. The van der Waals surface area contributed by atoms with Crippen molar-refractivity contribution in [1.29, 1.82) is 0 Å². The SMILES string of the molecule is O=C1NC(=O)C2=C1c1c([nH]c3ccccc13)CCCc1[nH]c3ccccc3c1C1=C(C(=O)NC1=O)N1CCC(CC1)C1CCN2CC1. The van der Waals surface area contributed by atoms with Gasteiger partial charge >= 0.3 is 0 Å². The number of para-hydroxylation sites is 2. The molecular weight excluding hydrogens is 592 g/mol. The van der Waals surface area contributed by atoms with E-state index in [1.807, 2.05) is 48.5 Å². The number of hydrogen-bond donors (Lipinski definition) is 4. The Hall–Kier alpha value is -5.12. The molecule has 0 spiro atoms. The summed E-state index contributed by atoms with van der Waals surface area (Å²) in [4.78, 5) is 65.4. The van der Waals surface area contributed by atoms with Crippen LogP contribution in [0, 0.1) is 11.8 Å². The van der Waals surface area contributed by atoms with Gasteiger partial charge in [0.1, 0.15) is 11.4 Å². The number of H-pyrrole nitrogens is 2. The van der Waals surface area contributed by atoms with Crippen molar-refractivity contribution in [2.24, 2.45) is 11.8 Å². The van der Waals surface area contributed by atoms with Crippen LogP contribution in [0.25, 0.3) is 33.0 Å². The second kappa shape index (κ2) is 10.7. The summed E-state index contributed by atoms with van der Waals surface area (Å²) in [5, 5.41) is 7.10. The van der Waals surface area contributed by atoms with Crippen LogP contribution in [0.15, 0.2) is 59.9 Å². The number of aromatic nitrogens is 2. The molecule has 0 atom stereocenters. The number of amides is 4. The maximum atomic E-state index is 13.6. The molecular formula is C37H36N6O4. The summed E-state index contributed by atoms with van der Waals surface area (Å²) in [6.45, 7) is 2.87. The van der Waals surface area contributed by atoms with Crippen LogP contribution in [-0.4, -0.2) is 69.6 Å². The van der Waals surface area contributed by atoms with Crippen molar-refractivity contribution in [3.8, 4) is 0 Å². The standard InChI is InChI=1S/C37H36N6O4/c44-34-30-28-22-6-1-3-8-24(22)38-26(28)10-5-11-27-29(23-7-2-4-9-25(23)39-27)31-33(37(47)41-35(31)45)43-18-14-21(15-19-43)20-12-16-42(17-13-20)32(30)36(46)40-34/h1-4,6-9,20-21,38-39H,5,10-19H2,(H,40,44,46)(H,41,45,47). The van der Waals surface area contributed by atoms with E-state index in [2.05, 4.69) is 30.4 Å². The number of aromatic amines is 2. The number of rotatable bonds is 0. The smallest absolute Gasteiger partial charge is 0.275 e. The van der Waals surface area contributed by atoms with Gasteiger partial charge in [-0.25, -0.2) is 0 Å². The number of nitrogens with zero attached hydrogens (tertiary/aromatic N) is 2. The molecule has 2 aromatic carbocycles. The highest BCUT2D eigenvalue weighted by atomic mass is 16.2. The molecule has 10 heteroatoms. The van der Waals surface area contributed by atoms with Gasteiger partial charge in [0.05, 0.1) is 11.1 Å². The molecule has 2 aromatic heterocycles. The number of nitrogens with one attached hydrogen (secondary N) is 4. The Morgan fingerprint density at radius 1 is 0.532 bits per heavy atom. The van der Waals surface area contributed by atoms with E-state index in [4.69, 9.17) is 0 Å². The van der Waals surface area contributed by atoms with Crippen molar-refractivity contribution >= 4 is 56.6 Å². The monoisotopic (exact) mass is 628 g/mol. The molecule has 9 heterocycles. The first kappa shape index (κ1) is 28.1. The van der Waals surface area contributed by atoms with Crippen molar-refractivity contribution in [2.75, 3.05) is 26.2 Å². The minimum absolute atomic E-state index is 0.315. The lowest BCUT2D eigenvalue weighted by Gasteiger charge is -2.41. The lowest BCUT2D eigenvalue weighted by molar-refractivity contribution is -0.126. The van der Waals surface area contributed by atoms with Gasteiger partial charge < -0.3 is 19.8 Å². The predicted molar refractivity (Wildman–Crippen MR) is 177 cm³/mol. The van der Waals surface area contributed by atoms with Gasteiger partial charge in [-0.15, -0.1) is 0 Å².